The minimum atomic E-state index is 0.0110. The first kappa shape index (κ1) is 17.7. The maximum atomic E-state index is 12.4. The molecule has 3 nitrogen and oxygen atoms in total. The van der Waals surface area contributed by atoms with E-state index < -0.39 is 0 Å². The van der Waals surface area contributed by atoms with Crippen molar-refractivity contribution in [3.05, 3.63) is 90.3 Å². The maximum absolute atomic E-state index is 12.4. The second-order valence-corrected chi connectivity index (χ2v) is 6.10. The number of allylic oxidation sites excluding steroid dienone is 1. The predicted octanol–water partition coefficient (Wildman–Crippen LogP) is 5.22. The molecule has 132 valence electrons. The molecule has 0 fully saturated rings. The van der Waals surface area contributed by atoms with Crippen LogP contribution in [0.25, 0.3) is 11.8 Å². The minimum absolute atomic E-state index is 0.0110. The highest BCUT2D eigenvalue weighted by molar-refractivity contribution is 6.06. The molecule has 0 aliphatic carbocycles. The number of anilines is 1. The van der Waals surface area contributed by atoms with Crippen LogP contribution in [0.2, 0.25) is 0 Å². The zero-order valence-corrected chi connectivity index (χ0v) is 15.3. The van der Waals surface area contributed by atoms with E-state index in [1.54, 1.807) is 6.08 Å². The maximum Gasteiger partial charge on any atom is 0.185 e. The molecule has 2 aromatic carbocycles. The molecule has 0 bridgehead atoms. The van der Waals surface area contributed by atoms with Gasteiger partial charge < -0.3 is 9.47 Å². The number of carbonyl (C=O) groups is 1. The fourth-order valence-corrected chi connectivity index (χ4v) is 2.96. The van der Waals surface area contributed by atoms with Crippen molar-refractivity contribution in [2.75, 3.05) is 18.0 Å². The van der Waals surface area contributed by atoms with Gasteiger partial charge in [-0.25, -0.2) is 0 Å². The molecule has 0 atom stereocenters. The molecular formula is C23H24N2O. The lowest BCUT2D eigenvalue weighted by Gasteiger charge is -2.20. The van der Waals surface area contributed by atoms with E-state index in [9.17, 15) is 4.79 Å². The van der Waals surface area contributed by atoms with E-state index in [0.29, 0.717) is 5.56 Å². The van der Waals surface area contributed by atoms with Gasteiger partial charge in [-0.05, 0) is 74.0 Å². The SMILES string of the molecule is CCN(CC)c1ccc(/C=C/C(=O)c2ccc(-n3cccc3)cc2)cc1. The summed E-state index contributed by atoms with van der Waals surface area (Å²) >= 11 is 0. The normalized spacial score (nSPS) is 11.0. The van der Waals surface area contributed by atoms with Crippen molar-refractivity contribution in [3.63, 3.8) is 0 Å². The van der Waals surface area contributed by atoms with Crippen LogP contribution in [0.1, 0.15) is 29.8 Å². The average Bonchev–Trinajstić information content (AvgIpc) is 3.23. The number of rotatable bonds is 7. The Bertz CT molecular complexity index is 856. The van der Waals surface area contributed by atoms with Crippen LogP contribution < -0.4 is 4.90 Å². The fourth-order valence-electron chi connectivity index (χ4n) is 2.96. The summed E-state index contributed by atoms with van der Waals surface area (Å²) in [6.07, 6.45) is 7.47. The molecule has 0 aliphatic heterocycles. The van der Waals surface area contributed by atoms with Crippen LogP contribution in [0.15, 0.2) is 79.1 Å². The topological polar surface area (TPSA) is 25.2 Å². The van der Waals surface area contributed by atoms with E-state index in [4.69, 9.17) is 0 Å². The molecule has 0 amide bonds. The number of benzene rings is 2. The summed E-state index contributed by atoms with van der Waals surface area (Å²) < 4.78 is 2.02. The predicted molar refractivity (Wildman–Crippen MR) is 109 cm³/mol. The third kappa shape index (κ3) is 4.12. The molecule has 0 radical (unpaired) electrons. The summed E-state index contributed by atoms with van der Waals surface area (Å²) in [7, 11) is 0. The summed E-state index contributed by atoms with van der Waals surface area (Å²) in [6.45, 7) is 6.28. The first-order valence-electron chi connectivity index (χ1n) is 9.02. The molecule has 0 N–H and O–H groups in total. The van der Waals surface area contributed by atoms with E-state index in [1.807, 2.05) is 71.6 Å². The molecule has 0 spiro atoms. The van der Waals surface area contributed by atoms with Gasteiger partial charge in [-0.3, -0.25) is 4.79 Å². The molecule has 0 saturated carbocycles. The van der Waals surface area contributed by atoms with Gasteiger partial charge in [0, 0.05) is 42.4 Å². The van der Waals surface area contributed by atoms with Gasteiger partial charge in [-0.2, -0.15) is 0 Å². The second kappa shape index (κ2) is 8.34. The number of hydrogen-bond donors (Lipinski definition) is 0. The highest BCUT2D eigenvalue weighted by Crippen LogP contribution is 2.16. The van der Waals surface area contributed by atoms with Gasteiger partial charge in [0.1, 0.15) is 0 Å². The highest BCUT2D eigenvalue weighted by atomic mass is 16.1. The van der Waals surface area contributed by atoms with E-state index in [-0.39, 0.29) is 5.78 Å². The monoisotopic (exact) mass is 344 g/mol. The van der Waals surface area contributed by atoms with Crippen LogP contribution in [0.5, 0.6) is 0 Å². The molecule has 26 heavy (non-hydrogen) atoms. The molecule has 1 aromatic heterocycles. The molecule has 3 aromatic rings. The first-order valence-corrected chi connectivity index (χ1v) is 9.02. The lowest BCUT2D eigenvalue weighted by atomic mass is 10.1. The summed E-state index contributed by atoms with van der Waals surface area (Å²) in [5, 5.41) is 0. The summed E-state index contributed by atoms with van der Waals surface area (Å²) in [4.78, 5) is 14.7. The Morgan fingerprint density at radius 3 is 2.12 bits per heavy atom. The fraction of sp³-hybridized carbons (Fsp3) is 0.174. The van der Waals surface area contributed by atoms with Crippen molar-refractivity contribution in [3.8, 4) is 5.69 Å². The Balaban J connectivity index is 1.67. The van der Waals surface area contributed by atoms with Crippen LogP contribution in [0.3, 0.4) is 0 Å². The molecule has 0 aliphatic rings. The number of carbonyl (C=O) groups excluding carboxylic acids is 1. The van der Waals surface area contributed by atoms with Crippen LogP contribution in [-0.2, 0) is 0 Å². The molecule has 3 heteroatoms. The van der Waals surface area contributed by atoms with Crippen molar-refractivity contribution >= 4 is 17.5 Å². The molecular weight excluding hydrogens is 320 g/mol. The van der Waals surface area contributed by atoms with Crippen molar-refractivity contribution in [1.29, 1.82) is 0 Å². The third-order valence-corrected chi connectivity index (χ3v) is 4.50. The van der Waals surface area contributed by atoms with E-state index in [2.05, 4.69) is 30.9 Å². The van der Waals surface area contributed by atoms with Gasteiger partial charge in [-0.1, -0.05) is 18.2 Å². The van der Waals surface area contributed by atoms with Crippen LogP contribution in [0.4, 0.5) is 5.69 Å². The quantitative estimate of drug-likeness (QED) is 0.434. The first-order chi connectivity index (χ1) is 12.7. The Hall–Kier alpha value is -3.07. The number of ketones is 1. The Morgan fingerprint density at radius 1 is 0.923 bits per heavy atom. The van der Waals surface area contributed by atoms with Crippen molar-refractivity contribution in [1.82, 2.24) is 4.57 Å². The second-order valence-electron chi connectivity index (χ2n) is 6.10. The zero-order chi connectivity index (χ0) is 18.4. The summed E-state index contributed by atoms with van der Waals surface area (Å²) in [5.41, 5.74) is 3.97. The van der Waals surface area contributed by atoms with Gasteiger partial charge in [-0.15, -0.1) is 0 Å². The van der Waals surface area contributed by atoms with Crippen molar-refractivity contribution < 1.29 is 4.79 Å². The molecule has 0 saturated heterocycles. The number of aromatic nitrogens is 1. The summed E-state index contributed by atoms with van der Waals surface area (Å²) in [6, 6.07) is 19.9. The van der Waals surface area contributed by atoms with Gasteiger partial charge in [0.2, 0.25) is 0 Å². The average molecular weight is 344 g/mol. The number of nitrogens with zero attached hydrogens (tertiary/aromatic N) is 2. The van der Waals surface area contributed by atoms with Crippen LogP contribution >= 0.6 is 0 Å². The Labute approximate surface area is 155 Å². The van der Waals surface area contributed by atoms with Gasteiger partial charge in [0.25, 0.3) is 0 Å². The highest BCUT2D eigenvalue weighted by Gasteiger charge is 2.03. The lowest BCUT2D eigenvalue weighted by molar-refractivity contribution is 0.104. The lowest BCUT2D eigenvalue weighted by Crippen LogP contribution is -2.21. The molecule has 3 rings (SSSR count). The number of hydrogen-bond acceptors (Lipinski definition) is 2. The largest absolute Gasteiger partial charge is 0.372 e. The Kier molecular flexibility index (Phi) is 5.69. The molecule has 0 unspecified atom stereocenters. The third-order valence-electron chi connectivity index (χ3n) is 4.50. The van der Waals surface area contributed by atoms with Gasteiger partial charge in [0.05, 0.1) is 0 Å². The van der Waals surface area contributed by atoms with Crippen molar-refractivity contribution in [2.45, 2.75) is 13.8 Å². The zero-order valence-electron chi connectivity index (χ0n) is 15.3. The summed E-state index contributed by atoms with van der Waals surface area (Å²) in [5.74, 6) is 0.0110. The Morgan fingerprint density at radius 2 is 1.54 bits per heavy atom. The minimum Gasteiger partial charge on any atom is -0.372 e. The van der Waals surface area contributed by atoms with E-state index >= 15 is 0 Å². The van der Waals surface area contributed by atoms with Gasteiger partial charge in [0.15, 0.2) is 5.78 Å². The van der Waals surface area contributed by atoms with E-state index in [1.165, 1.54) is 5.69 Å². The standard InChI is InChI=1S/C23H24N2O/c1-3-24(4-2)21-12-7-19(8-13-21)9-16-23(26)20-10-14-22(15-11-20)25-17-5-6-18-25/h5-18H,3-4H2,1-2H3/b16-9+. The van der Waals surface area contributed by atoms with Crippen LogP contribution in [-0.4, -0.2) is 23.4 Å². The van der Waals surface area contributed by atoms with Crippen LogP contribution in [0, 0.1) is 0 Å². The van der Waals surface area contributed by atoms with Crippen molar-refractivity contribution in [2.24, 2.45) is 0 Å². The van der Waals surface area contributed by atoms with Gasteiger partial charge >= 0.3 is 0 Å². The van der Waals surface area contributed by atoms with E-state index in [0.717, 1.165) is 24.3 Å². The molecule has 1 heterocycles. The smallest absolute Gasteiger partial charge is 0.185 e.